The number of rotatable bonds is 0. The van der Waals surface area contributed by atoms with Gasteiger partial charge in [0.2, 0.25) is 0 Å². The van der Waals surface area contributed by atoms with Crippen LogP contribution in [0.1, 0.15) is 11.1 Å². The Hall–Kier alpha value is -0.470. The number of hydrogen-bond donors (Lipinski definition) is 2. The Morgan fingerprint density at radius 2 is 2.18 bits per heavy atom. The summed E-state index contributed by atoms with van der Waals surface area (Å²) in [5.41, 5.74) is 2.88. The fourth-order valence-corrected chi connectivity index (χ4v) is 1.70. The van der Waals surface area contributed by atoms with E-state index in [4.69, 9.17) is 0 Å². The van der Waals surface area contributed by atoms with Gasteiger partial charge in [-0.2, -0.15) is 0 Å². The third-order valence-electron chi connectivity index (χ3n) is 2.08. The summed E-state index contributed by atoms with van der Waals surface area (Å²) in [5, 5.41) is 3.33. The summed E-state index contributed by atoms with van der Waals surface area (Å²) < 4.78 is 0. The van der Waals surface area contributed by atoms with E-state index < -0.39 is 0 Å². The summed E-state index contributed by atoms with van der Waals surface area (Å²) in [4.78, 5) is 1.06. The first kappa shape index (κ1) is 7.19. The molecule has 58 valence electrons. The Morgan fingerprint density at radius 3 is 3.09 bits per heavy atom. The average Bonchev–Trinajstić information content (AvgIpc) is 2.04. The Kier molecular flexibility index (Phi) is 1.88. The SMILES string of the molecule is Sc1ccc2c(c1)CNCC2. The van der Waals surface area contributed by atoms with Crippen LogP contribution in [0.15, 0.2) is 23.1 Å². The van der Waals surface area contributed by atoms with Gasteiger partial charge in [-0.1, -0.05) is 6.07 Å². The van der Waals surface area contributed by atoms with Crippen LogP contribution in [0.4, 0.5) is 0 Å². The van der Waals surface area contributed by atoms with E-state index in [0.717, 1.165) is 24.4 Å². The molecule has 0 fully saturated rings. The first-order valence-corrected chi connectivity index (χ1v) is 4.32. The van der Waals surface area contributed by atoms with E-state index in [1.165, 1.54) is 11.1 Å². The van der Waals surface area contributed by atoms with Crippen LogP contribution in [0.25, 0.3) is 0 Å². The van der Waals surface area contributed by atoms with Crippen molar-refractivity contribution >= 4 is 12.6 Å². The number of benzene rings is 1. The van der Waals surface area contributed by atoms with Crippen molar-refractivity contribution in [2.45, 2.75) is 17.9 Å². The highest BCUT2D eigenvalue weighted by atomic mass is 32.1. The fourth-order valence-electron chi connectivity index (χ4n) is 1.47. The van der Waals surface area contributed by atoms with E-state index in [1.807, 2.05) is 0 Å². The highest BCUT2D eigenvalue weighted by Gasteiger charge is 2.06. The molecule has 0 bridgehead atoms. The minimum absolute atomic E-state index is 1.00. The number of thiol groups is 1. The molecule has 0 saturated carbocycles. The molecule has 1 heterocycles. The zero-order valence-corrected chi connectivity index (χ0v) is 7.20. The molecule has 1 aromatic carbocycles. The normalized spacial score (nSPS) is 16.1. The minimum Gasteiger partial charge on any atom is -0.312 e. The third kappa shape index (κ3) is 1.42. The van der Waals surface area contributed by atoms with Crippen LogP contribution in [-0.2, 0) is 13.0 Å². The van der Waals surface area contributed by atoms with Gasteiger partial charge in [0.15, 0.2) is 0 Å². The molecule has 1 aliphatic heterocycles. The molecule has 2 rings (SSSR count). The van der Waals surface area contributed by atoms with E-state index in [2.05, 4.69) is 36.1 Å². The first-order valence-electron chi connectivity index (χ1n) is 3.88. The maximum atomic E-state index is 4.29. The van der Waals surface area contributed by atoms with Crippen LogP contribution in [0.3, 0.4) is 0 Å². The van der Waals surface area contributed by atoms with Crippen LogP contribution in [-0.4, -0.2) is 6.54 Å². The lowest BCUT2D eigenvalue weighted by Crippen LogP contribution is -2.23. The summed E-state index contributed by atoms with van der Waals surface area (Å²) in [7, 11) is 0. The molecule has 0 aliphatic carbocycles. The van der Waals surface area contributed by atoms with Crippen molar-refractivity contribution in [1.82, 2.24) is 5.32 Å². The molecule has 11 heavy (non-hydrogen) atoms. The lowest BCUT2D eigenvalue weighted by atomic mass is 10.0. The predicted molar refractivity (Wildman–Crippen MR) is 49.1 cm³/mol. The summed E-state index contributed by atoms with van der Waals surface area (Å²) in [5.74, 6) is 0. The average molecular weight is 165 g/mol. The summed E-state index contributed by atoms with van der Waals surface area (Å²) in [6.45, 7) is 2.11. The van der Waals surface area contributed by atoms with Gasteiger partial charge in [0, 0.05) is 11.4 Å². The second kappa shape index (κ2) is 2.88. The van der Waals surface area contributed by atoms with Gasteiger partial charge in [-0.05, 0) is 36.2 Å². The zero-order valence-electron chi connectivity index (χ0n) is 6.30. The van der Waals surface area contributed by atoms with E-state index in [-0.39, 0.29) is 0 Å². The van der Waals surface area contributed by atoms with Gasteiger partial charge in [0.1, 0.15) is 0 Å². The van der Waals surface area contributed by atoms with E-state index in [9.17, 15) is 0 Å². The molecule has 0 radical (unpaired) electrons. The standard InChI is InChI=1S/C9H11NS/c11-9-2-1-7-3-4-10-6-8(7)5-9/h1-2,5,10-11H,3-4,6H2. The van der Waals surface area contributed by atoms with Crippen molar-refractivity contribution in [2.24, 2.45) is 0 Å². The Balaban J connectivity index is 2.43. The maximum absolute atomic E-state index is 4.29. The molecule has 0 saturated heterocycles. The molecule has 1 nitrogen and oxygen atoms in total. The van der Waals surface area contributed by atoms with E-state index in [1.54, 1.807) is 0 Å². The second-order valence-electron chi connectivity index (χ2n) is 2.88. The van der Waals surface area contributed by atoms with Gasteiger partial charge < -0.3 is 5.32 Å². The highest BCUT2D eigenvalue weighted by Crippen LogP contribution is 2.17. The largest absolute Gasteiger partial charge is 0.312 e. The van der Waals surface area contributed by atoms with Crippen molar-refractivity contribution in [3.63, 3.8) is 0 Å². The molecule has 1 aromatic rings. The Bertz CT molecular complexity index is 270. The molecule has 0 amide bonds. The van der Waals surface area contributed by atoms with Gasteiger partial charge in [0.25, 0.3) is 0 Å². The smallest absolute Gasteiger partial charge is 0.0208 e. The lowest BCUT2D eigenvalue weighted by Gasteiger charge is -2.16. The molecule has 0 unspecified atom stereocenters. The van der Waals surface area contributed by atoms with E-state index in [0.29, 0.717) is 0 Å². The summed E-state index contributed by atoms with van der Waals surface area (Å²) in [6.07, 6.45) is 1.16. The monoisotopic (exact) mass is 165 g/mol. The number of nitrogens with one attached hydrogen (secondary N) is 1. The summed E-state index contributed by atoms with van der Waals surface area (Å²) >= 11 is 4.29. The third-order valence-corrected chi connectivity index (χ3v) is 2.35. The molecule has 0 atom stereocenters. The van der Waals surface area contributed by atoms with Crippen molar-refractivity contribution in [2.75, 3.05) is 6.54 Å². The van der Waals surface area contributed by atoms with Gasteiger partial charge in [-0.25, -0.2) is 0 Å². The van der Waals surface area contributed by atoms with Crippen molar-refractivity contribution < 1.29 is 0 Å². The Labute approximate surface area is 72.2 Å². The van der Waals surface area contributed by atoms with Crippen LogP contribution < -0.4 is 5.32 Å². The van der Waals surface area contributed by atoms with Crippen LogP contribution in [0, 0.1) is 0 Å². The molecule has 0 aromatic heterocycles. The quantitative estimate of drug-likeness (QED) is 0.557. The molecular weight excluding hydrogens is 154 g/mol. The lowest BCUT2D eigenvalue weighted by molar-refractivity contribution is 0.642. The molecular formula is C9H11NS. The predicted octanol–water partition coefficient (Wildman–Crippen LogP) is 1.62. The van der Waals surface area contributed by atoms with Crippen molar-refractivity contribution in [1.29, 1.82) is 0 Å². The maximum Gasteiger partial charge on any atom is 0.0208 e. The fraction of sp³-hybridized carbons (Fsp3) is 0.333. The molecule has 2 heteroatoms. The van der Waals surface area contributed by atoms with Crippen LogP contribution in [0.2, 0.25) is 0 Å². The molecule has 1 N–H and O–H groups in total. The second-order valence-corrected chi connectivity index (χ2v) is 3.40. The van der Waals surface area contributed by atoms with Crippen LogP contribution >= 0.6 is 12.6 Å². The topological polar surface area (TPSA) is 12.0 Å². The highest BCUT2D eigenvalue weighted by molar-refractivity contribution is 7.80. The van der Waals surface area contributed by atoms with Gasteiger partial charge in [-0.15, -0.1) is 12.6 Å². The minimum atomic E-state index is 1.00. The summed E-state index contributed by atoms with van der Waals surface area (Å²) in [6, 6.07) is 6.39. The van der Waals surface area contributed by atoms with Crippen molar-refractivity contribution in [3.8, 4) is 0 Å². The van der Waals surface area contributed by atoms with Crippen LogP contribution in [0.5, 0.6) is 0 Å². The van der Waals surface area contributed by atoms with Gasteiger partial charge in [-0.3, -0.25) is 0 Å². The molecule has 1 aliphatic rings. The first-order chi connectivity index (χ1) is 5.36. The zero-order chi connectivity index (χ0) is 7.68. The number of fused-ring (bicyclic) bond motifs is 1. The van der Waals surface area contributed by atoms with Gasteiger partial charge in [0.05, 0.1) is 0 Å². The molecule has 0 spiro atoms. The Morgan fingerprint density at radius 1 is 1.27 bits per heavy atom. The van der Waals surface area contributed by atoms with E-state index >= 15 is 0 Å². The van der Waals surface area contributed by atoms with Crippen molar-refractivity contribution in [3.05, 3.63) is 29.3 Å². The van der Waals surface area contributed by atoms with Gasteiger partial charge >= 0.3 is 0 Å². The number of hydrogen-bond acceptors (Lipinski definition) is 2.